The number of imide groups is 1. The van der Waals surface area contributed by atoms with Crippen molar-refractivity contribution in [1.82, 2.24) is 15.2 Å². The predicted octanol–water partition coefficient (Wildman–Crippen LogP) is 2.22. The van der Waals surface area contributed by atoms with Gasteiger partial charge in [-0.15, -0.1) is 0 Å². The Morgan fingerprint density at radius 1 is 1.17 bits per heavy atom. The van der Waals surface area contributed by atoms with Crippen molar-refractivity contribution in [3.8, 4) is 0 Å². The number of para-hydroxylation sites is 1. The number of urea groups is 1. The Morgan fingerprint density at radius 3 is 2.70 bits per heavy atom. The SMILES string of the molecule is O=C(CN1C(=O)NC2(CCCC2)C1=O)c1c[nH]c2ccccc12. The molecule has 3 amide bonds. The molecule has 2 N–H and O–H groups in total. The van der Waals surface area contributed by atoms with Crippen LogP contribution in [0.5, 0.6) is 0 Å². The van der Waals surface area contributed by atoms with Gasteiger partial charge in [0.25, 0.3) is 5.91 Å². The molecule has 4 rings (SSSR count). The zero-order valence-electron chi connectivity index (χ0n) is 12.6. The predicted molar refractivity (Wildman–Crippen MR) is 84.1 cm³/mol. The van der Waals surface area contributed by atoms with Crippen molar-refractivity contribution < 1.29 is 14.4 Å². The summed E-state index contributed by atoms with van der Waals surface area (Å²) >= 11 is 0. The van der Waals surface area contributed by atoms with E-state index in [4.69, 9.17) is 0 Å². The normalized spacial score (nSPS) is 19.7. The van der Waals surface area contributed by atoms with Crippen molar-refractivity contribution in [2.24, 2.45) is 0 Å². The van der Waals surface area contributed by atoms with Crippen molar-refractivity contribution in [1.29, 1.82) is 0 Å². The maximum atomic E-state index is 12.6. The lowest BCUT2D eigenvalue weighted by atomic mass is 9.98. The second kappa shape index (κ2) is 4.94. The van der Waals surface area contributed by atoms with Crippen LogP contribution in [0, 0.1) is 0 Å². The molecule has 0 radical (unpaired) electrons. The van der Waals surface area contributed by atoms with E-state index >= 15 is 0 Å². The van der Waals surface area contributed by atoms with Gasteiger partial charge in [-0.3, -0.25) is 14.5 Å². The average Bonchev–Trinajstić information content (AvgIpc) is 3.23. The molecule has 23 heavy (non-hydrogen) atoms. The van der Waals surface area contributed by atoms with Crippen LogP contribution in [0.4, 0.5) is 4.79 Å². The second-order valence-corrected chi connectivity index (χ2v) is 6.28. The number of amides is 3. The van der Waals surface area contributed by atoms with Crippen LogP contribution in [0.2, 0.25) is 0 Å². The number of aromatic amines is 1. The van der Waals surface area contributed by atoms with Crippen molar-refractivity contribution in [3.05, 3.63) is 36.0 Å². The first-order chi connectivity index (χ1) is 11.1. The molecule has 1 aliphatic carbocycles. The number of rotatable bonds is 3. The number of ketones is 1. The fourth-order valence-electron chi connectivity index (χ4n) is 3.67. The number of carbonyl (C=O) groups excluding carboxylic acids is 3. The number of aromatic nitrogens is 1. The summed E-state index contributed by atoms with van der Waals surface area (Å²) in [4.78, 5) is 41.4. The van der Waals surface area contributed by atoms with E-state index in [1.807, 2.05) is 24.3 Å². The van der Waals surface area contributed by atoms with Crippen LogP contribution in [0.25, 0.3) is 10.9 Å². The Kier molecular flexibility index (Phi) is 3.01. The largest absolute Gasteiger partial charge is 0.360 e. The van der Waals surface area contributed by atoms with Crippen LogP contribution in [0.3, 0.4) is 0 Å². The molecule has 1 saturated heterocycles. The molecule has 2 aromatic rings. The topological polar surface area (TPSA) is 82.3 Å². The molecule has 1 aromatic heterocycles. The molecule has 6 heteroatoms. The number of benzene rings is 1. The minimum Gasteiger partial charge on any atom is -0.360 e. The van der Waals surface area contributed by atoms with E-state index in [1.165, 1.54) is 0 Å². The van der Waals surface area contributed by atoms with Crippen LogP contribution < -0.4 is 5.32 Å². The van der Waals surface area contributed by atoms with E-state index in [0.717, 1.165) is 28.6 Å². The minimum atomic E-state index is -0.766. The molecule has 1 spiro atoms. The first-order valence-electron chi connectivity index (χ1n) is 7.84. The Hall–Kier alpha value is -2.63. The van der Waals surface area contributed by atoms with Crippen LogP contribution in [0.15, 0.2) is 30.5 Å². The van der Waals surface area contributed by atoms with Gasteiger partial charge in [-0.05, 0) is 18.9 Å². The summed E-state index contributed by atoms with van der Waals surface area (Å²) in [5.41, 5.74) is 0.603. The van der Waals surface area contributed by atoms with Gasteiger partial charge in [-0.1, -0.05) is 31.0 Å². The fraction of sp³-hybridized carbons (Fsp3) is 0.353. The molecule has 0 unspecified atom stereocenters. The van der Waals surface area contributed by atoms with Crippen molar-refractivity contribution in [2.75, 3.05) is 6.54 Å². The van der Waals surface area contributed by atoms with Gasteiger partial charge in [-0.25, -0.2) is 4.79 Å². The maximum absolute atomic E-state index is 12.6. The van der Waals surface area contributed by atoms with Gasteiger partial charge in [0, 0.05) is 22.7 Å². The van der Waals surface area contributed by atoms with Gasteiger partial charge < -0.3 is 10.3 Å². The molecule has 6 nitrogen and oxygen atoms in total. The van der Waals surface area contributed by atoms with Crippen LogP contribution >= 0.6 is 0 Å². The first-order valence-corrected chi connectivity index (χ1v) is 7.84. The Bertz CT molecular complexity index is 817. The van der Waals surface area contributed by atoms with Gasteiger partial charge in [0.1, 0.15) is 5.54 Å². The van der Waals surface area contributed by atoms with Crippen molar-refractivity contribution >= 4 is 28.6 Å². The zero-order valence-corrected chi connectivity index (χ0v) is 12.6. The number of hydrogen-bond acceptors (Lipinski definition) is 3. The third-order valence-electron chi connectivity index (χ3n) is 4.89. The van der Waals surface area contributed by atoms with Gasteiger partial charge in [0.05, 0.1) is 6.54 Å². The Balaban J connectivity index is 1.59. The number of nitrogens with zero attached hydrogens (tertiary/aromatic N) is 1. The van der Waals surface area contributed by atoms with Crippen molar-refractivity contribution in [3.63, 3.8) is 0 Å². The van der Waals surface area contributed by atoms with E-state index in [1.54, 1.807) is 6.20 Å². The number of H-pyrrole nitrogens is 1. The number of nitrogens with one attached hydrogen (secondary N) is 2. The van der Waals surface area contributed by atoms with E-state index in [2.05, 4.69) is 10.3 Å². The highest BCUT2D eigenvalue weighted by Crippen LogP contribution is 2.35. The summed E-state index contributed by atoms with van der Waals surface area (Å²) in [6.45, 7) is -0.214. The molecule has 2 aliphatic rings. The lowest BCUT2D eigenvalue weighted by molar-refractivity contribution is -0.130. The molecule has 1 saturated carbocycles. The summed E-state index contributed by atoms with van der Waals surface area (Å²) in [6, 6.07) is 7.02. The highest BCUT2D eigenvalue weighted by atomic mass is 16.2. The zero-order chi connectivity index (χ0) is 16.0. The summed E-state index contributed by atoms with van der Waals surface area (Å²) in [6.07, 6.45) is 4.81. The van der Waals surface area contributed by atoms with Crippen LogP contribution in [-0.4, -0.2) is 39.7 Å². The number of Topliss-reactive ketones (excluding diaryl/α,β-unsaturated/α-hetero) is 1. The van der Waals surface area contributed by atoms with E-state index in [-0.39, 0.29) is 18.2 Å². The second-order valence-electron chi connectivity index (χ2n) is 6.28. The average molecular weight is 311 g/mol. The molecule has 0 atom stereocenters. The Morgan fingerprint density at radius 2 is 1.91 bits per heavy atom. The summed E-state index contributed by atoms with van der Waals surface area (Å²) in [5.74, 6) is -0.491. The summed E-state index contributed by atoms with van der Waals surface area (Å²) in [5, 5.41) is 3.60. The van der Waals surface area contributed by atoms with Gasteiger partial charge >= 0.3 is 6.03 Å². The Labute approximate surface area is 132 Å². The minimum absolute atomic E-state index is 0.214. The standard InChI is InChI=1S/C17H17N3O3/c21-14(12-9-18-13-6-2-1-5-11(12)13)10-20-15(22)17(19-16(20)23)7-3-4-8-17/h1-2,5-6,9,18H,3-4,7-8,10H2,(H,19,23). The molecule has 118 valence electrons. The molecule has 2 fully saturated rings. The number of carbonyl (C=O) groups is 3. The van der Waals surface area contributed by atoms with Crippen molar-refractivity contribution in [2.45, 2.75) is 31.2 Å². The highest BCUT2D eigenvalue weighted by Gasteiger charge is 2.52. The quantitative estimate of drug-likeness (QED) is 0.673. The number of hydrogen-bond donors (Lipinski definition) is 2. The van der Waals surface area contributed by atoms with Gasteiger partial charge in [-0.2, -0.15) is 0 Å². The van der Waals surface area contributed by atoms with E-state index in [0.29, 0.717) is 18.4 Å². The lowest BCUT2D eigenvalue weighted by Crippen LogP contribution is -2.44. The van der Waals surface area contributed by atoms with Crippen LogP contribution in [0.1, 0.15) is 36.0 Å². The molecular weight excluding hydrogens is 294 g/mol. The molecule has 0 bridgehead atoms. The third kappa shape index (κ3) is 2.05. The molecular formula is C17H17N3O3. The number of fused-ring (bicyclic) bond motifs is 1. The van der Waals surface area contributed by atoms with E-state index < -0.39 is 11.6 Å². The third-order valence-corrected chi connectivity index (χ3v) is 4.89. The monoisotopic (exact) mass is 311 g/mol. The maximum Gasteiger partial charge on any atom is 0.325 e. The summed E-state index contributed by atoms with van der Waals surface area (Å²) in [7, 11) is 0. The van der Waals surface area contributed by atoms with Gasteiger partial charge in [0.2, 0.25) is 0 Å². The highest BCUT2D eigenvalue weighted by molar-refractivity contribution is 6.14. The van der Waals surface area contributed by atoms with E-state index in [9.17, 15) is 14.4 Å². The van der Waals surface area contributed by atoms with Gasteiger partial charge in [0.15, 0.2) is 5.78 Å². The first kappa shape index (κ1) is 14.0. The molecule has 1 aromatic carbocycles. The fourth-order valence-corrected chi connectivity index (χ4v) is 3.67. The lowest BCUT2D eigenvalue weighted by Gasteiger charge is -2.19. The van der Waals surface area contributed by atoms with Crippen LogP contribution in [-0.2, 0) is 4.79 Å². The molecule has 1 aliphatic heterocycles. The smallest absolute Gasteiger partial charge is 0.325 e. The summed E-state index contributed by atoms with van der Waals surface area (Å²) < 4.78 is 0. The molecule has 2 heterocycles.